The number of rotatable bonds is 13. The molecule has 0 aromatic heterocycles. The van der Waals surface area contributed by atoms with Gasteiger partial charge >= 0.3 is 6.18 Å². The van der Waals surface area contributed by atoms with Gasteiger partial charge < -0.3 is 4.74 Å². The van der Waals surface area contributed by atoms with Gasteiger partial charge in [-0.05, 0) is 155 Å². The summed E-state index contributed by atoms with van der Waals surface area (Å²) in [5.74, 6) is 1.16. The molecule has 3 fully saturated rings. The quantitative estimate of drug-likeness (QED) is 0.189. The fourth-order valence-corrected chi connectivity index (χ4v) is 12.4. The van der Waals surface area contributed by atoms with Gasteiger partial charge in [0.05, 0.1) is 30.6 Å². The molecular formula is C55H60F3O4. The van der Waals surface area contributed by atoms with Crippen LogP contribution in [0.1, 0.15) is 135 Å². The van der Waals surface area contributed by atoms with Gasteiger partial charge in [-0.15, -0.1) is 6.58 Å². The minimum Gasteiger partial charge on any atom is -0.379 e. The Morgan fingerprint density at radius 3 is 2.23 bits per heavy atom. The Labute approximate surface area is 365 Å². The van der Waals surface area contributed by atoms with Crippen LogP contribution in [0.4, 0.5) is 13.2 Å². The average Bonchev–Trinajstić information content (AvgIpc) is 3.96. The molecule has 6 aliphatic carbocycles. The molecule has 2 aromatic carbocycles. The number of ketones is 3. The van der Waals surface area contributed by atoms with E-state index in [1.165, 1.54) is 30.4 Å². The molecule has 0 spiro atoms. The molecule has 4 unspecified atom stereocenters. The normalized spacial score (nSPS) is 29.7. The predicted molar refractivity (Wildman–Crippen MR) is 238 cm³/mol. The van der Waals surface area contributed by atoms with Crippen molar-refractivity contribution in [1.82, 2.24) is 0 Å². The molecule has 0 amide bonds. The summed E-state index contributed by atoms with van der Waals surface area (Å²) in [6.07, 6.45) is 20.7. The summed E-state index contributed by atoms with van der Waals surface area (Å²) in [6, 6.07) is 14.3. The zero-order chi connectivity index (χ0) is 43.3. The molecule has 7 aliphatic rings. The maximum atomic E-state index is 14.7. The molecule has 9 rings (SSSR count). The van der Waals surface area contributed by atoms with Crippen molar-refractivity contribution in [2.45, 2.75) is 121 Å². The third kappa shape index (κ3) is 8.52. The first-order valence-electron chi connectivity index (χ1n) is 23.2. The molecule has 4 atom stereocenters. The Kier molecular flexibility index (Phi) is 12.0. The van der Waals surface area contributed by atoms with Crippen LogP contribution in [-0.2, 0) is 26.2 Å². The number of hydrogen-bond acceptors (Lipinski definition) is 4. The van der Waals surface area contributed by atoms with Crippen molar-refractivity contribution in [2.24, 2.45) is 35.5 Å². The smallest absolute Gasteiger partial charge is 0.379 e. The van der Waals surface area contributed by atoms with Crippen LogP contribution in [-0.4, -0.2) is 36.7 Å². The van der Waals surface area contributed by atoms with E-state index in [4.69, 9.17) is 4.74 Å². The molecular weight excluding hydrogens is 782 g/mol. The van der Waals surface area contributed by atoms with Crippen LogP contribution in [0.5, 0.6) is 0 Å². The second kappa shape index (κ2) is 17.3. The van der Waals surface area contributed by atoms with E-state index in [1.807, 2.05) is 49.4 Å². The monoisotopic (exact) mass is 841 g/mol. The van der Waals surface area contributed by atoms with Crippen LogP contribution in [0.15, 0.2) is 114 Å². The summed E-state index contributed by atoms with van der Waals surface area (Å²) in [5.41, 5.74) is 5.93. The van der Waals surface area contributed by atoms with E-state index < -0.39 is 23.6 Å². The summed E-state index contributed by atoms with van der Waals surface area (Å²) in [4.78, 5) is 40.1. The maximum Gasteiger partial charge on any atom is 0.416 e. The molecule has 62 heavy (non-hydrogen) atoms. The SMILES string of the molecule is C=C(C)CCC(C(C)=O)C1Cc2cc(C3CCC(C4CCC(CC5=CC6C(=O)C(c7cccc(C8(C[C]9C=CC=C9)COC8)c7)C=C6C(C(F)(F)F)=C5)CC4)CC3)ccc2C1=O. The van der Waals surface area contributed by atoms with Crippen LogP contribution < -0.4 is 0 Å². The fourth-order valence-electron chi connectivity index (χ4n) is 12.4. The van der Waals surface area contributed by atoms with Crippen LogP contribution in [0.25, 0.3) is 0 Å². The number of Topliss-reactive ketones (excluding diaryl/α,β-unsaturated/α-hetero) is 3. The van der Waals surface area contributed by atoms with Gasteiger partial charge in [0, 0.05) is 28.7 Å². The number of carbonyl (C=O) groups excluding carboxylic acids is 3. The number of halogens is 3. The number of benzene rings is 2. The molecule has 0 N–H and O–H groups in total. The third-order valence-electron chi connectivity index (χ3n) is 15.9. The highest BCUT2D eigenvalue weighted by Gasteiger charge is 2.48. The minimum atomic E-state index is -4.55. The van der Waals surface area contributed by atoms with Gasteiger partial charge in [0.1, 0.15) is 5.78 Å². The molecule has 1 aliphatic heterocycles. The highest BCUT2D eigenvalue weighted by Crippen LogP contribution is 2.50. The van der Waals surface area contributed by atoms with Crippen molar-refractivity contribution in [3.63, 3.8) is 0 Å². The molecule has 2 saturated carbocycles. The van der Waals surface area contributed by atoms with E-state index in [0.717, 1.165) is 79.2 Å². The zero-order valence-corrected chi connectivity index (χ0v) is 36.3. The van der Waals surface area contributed by atoms with Crippen molar-refractivity contribution in [3.8, 4) is 0 Å². The van der Waals surface area contributed by atoms with Gasteiger partial charge in [0.2, 0.25) is 0 Å². The van der Waals surface area contributed by atoms with E-state index in [2.05, 4.69) is 36.9 Å². The number of hydrogen-bond donors (Lipinski definition) is 0. The molecule has 325 valence electrons. The van der Waals surface area contributed by atoms with Gasteiger partial charge in [0.15, 0.2) is 11.6 Å². The number of fused-ring (bicyclic) bond motifs is 2. The molecule has 0 bridgehead atoms. The lowest BCUT2D eigenvalue weighted by Crippen LogP contribution is -2.47. The van der Waals surface area contributed by atoms with Crippen LogP contribution in [0, 0.1) is 41.4 Å². The second-order valence-electron chi connectivity index (χ2n) is 20.0. The molecule has 1 heterocycles. The predicted octanol–water partition coefficient (Wildman–Crippen LogP) is 12.8. The van der Waals surface area contributed by atoms with Crippen molar-refractivity contribution in [1.29, 1.82) is 0 Å². The van der Waals surface area contributed by atoms with Crippen molar-refractivity contribution >= 4 is 17.3 Å². The van der Waals surface area contributed by atoms with Crippen LogP contribution in [0.2, 0.25) is 0 Å². The van der Waals surface area contributed by atoms with Crippen molar-refractivity contribution in [3.05, 3.63) is 148 Å². The van der Waals surface area contributed by atoms with Gasteiger partial charge in [0.25, 0.3) is 0 Å². The summed E-state index contributed by atoms with van der Waals surface area (Å²) >= 11 is 0. The second-order valence-corrected chi connectivity index (χ2v) is 20.0. The fraction of sp³-hybridized carbons (Fsp3) is 0.491. The first-order chi connectivity index (χ1) is 29.8. The van der Waals surface area contributed by atoms with Gasteiger partial charge in [-0.1, -0.05) is 90.1 Å². The lowest BCUT2D eigenvalue weighted by Gasteiger charge is -2.43. The van der Waals surface area contributed by atoms with Crippen molar-refractivity contribution < 1.29 is 32.3 Å². The van der Waals surface area contributed by atoms with E-state index in [1.54, 1.807) is 13.0 Å². The Morgan fingerprint density at radius 2 is 1.58 bits per heavy atom. The van der Waals surface area contributed by atoms with E-state index in [9.17, 15) is 27.6 Å². The standard InChI is InChI=1S/C55H60F3O4/c1-33(2)11-21-45(34(3)59)50-28-43-26-41(20-22-46(43)52(50)60)40-18-16-39(17-19-40)38-14-12-35(13-15-38)23-37-24-49-48(51(25-37)55(56,57)58)29-47(53(49)61)42-9-6-10-44(27-42)54(31-62-32-54)30-36-7-4-5-8-36/h4-10,20,22,24-27,29,35,38-40,45,47,49-50H,1,11-19,21,23,28,30-32H2,2-3H3. The molecule has 2 aromatic rings. The topological polar surface area (TPSA) is 60.4 Å². The number of carbonyl (C=O) groups is 3. The lowest BCUT2D eigenvalue weighted by molar-refractivity contribution is -0.122. The minimum absolute atomic E-state index is 0.0879. The number of alkyl halides is 3. The summed E-state index contributed by atoms with van der Waals surface area (Å²) < 4.78 is 49.9. The molecule has 7 heteroatoms. The molecule has 1 saturated heterocycles. The van der Waals surface area contributed by atoms with Gasteiger partial charge in [-0.3, -0.25) is 14.4 Å². The summed E-state index contributed by atoms with van der Waals surface area (Å²) in [5, 5.41) is 0. The lowest BCUT2D eigenvalue weighted by atomic mass is 9.67. The first-order valence-corrected chi connectivity index (χ1v) is 23.2. The Hall–Kier alpha value is -4.36. The molecule has 1 radical (unpaired) electrons. The average molecular weight is 842 g/mol. The first kappa shape index (κ1) is 42.9. The Bertz CT molecular complexity index is 2250. The Morgan fingerprint density at radius 1 is 0.871 bits per heavy atom. The van der Waals surface area contributed by atoms with Gasteiger partial charge in [-0.25, -0.2) is 0 Å². The Balaban J connectivity index is 0.801. The summed E-state index contributed by atoms with van der Waals surface area (Å²) in [7, 11) is 0. The van der Waals surface area contributed by atoms with E-state index in [-0.39, 0.29) is 40.2 Å². The van der Waals surface area contributed by atoms with Gasteiger partial charge in [-0.2, -0.15) is 13.2 Å². The zero-order valence-electron chi connectivity index (χ0n) is 36.3. The number of allylic oxidation sites excluding steroid dienone is 11. The number of ether oxygens (including phenoxy) is 1. The van der Waals surface area contributed by atoms with E-state index in [0.29, 0.717) is 61.7 Å². The van der Waals surface area contributed by atoms with Crippen molar-refractivity contribution in [2.75, 3.05) is 13.2 Å². The highest BCUT2D eigenvalue weighted by atomic mass is 19.4. The molecule has 4 nitrogen and oxygen atoms in total. The highest BCUT2D eigenvalue weighted by molar-refractivity contribution is 6.04. The largest absolute Gasteiger partial charge is 0.416 e. The van der Waals surface area contributed by atoms with Crippen LogP contribution >= 0.6 is 0 Å². The third-order valence-corrected chi connectivity index (χ3v) is 15.9. The van der Waals surface area contributed by atoms with E-state index >= 15 is 0 Å². The maximum absolute atomic E-state index is 14.7. The summed E-state index contributed by atoms with van der Waals surface area (Å²) in [6.45, 7) is 8.72. The van der Waals surface area contributed by atoms with Crippen LogP contribution in [0.3, 0.4) is 0 Å².